The highest BCUT2D eigenvalue weighted by Gasteiger charge is 2.20. The van der Waals surface area contributed by atoms with Crippen molar-refractivity contribution in [2.24, 2.45) is 0 Å². The van der Waals surface area contributed by atoms with E-state index in [0.29, 0.717) is 38.5 Å². The molecule has 1 amide bonds. The molecule has 104 valence electrons. The van der Waals surface area contributed by atoms with E-state index in [9.17, 15) is 4.79 Å². The zero-order chi connectivity index (χ0) is 13.7. The number of fused-ring (bicyclic) bond motifs is 1. The number of ether oxygens (including phenoxy) is 2. The summed E-state index contributed by atoms with van der Waals surface area (Å²) in [5.41, 5.74) is 7.28. The molecule has 3 N–H and O–H groups in total. The van der Waals surface area contributed by atoms with Gasteiger partial charge in [0, 0.05) is 25.4 Å². The number of benzene rings is 1. The summed E-state index contributed by atoms with van der Waals surface area (Å²) in [5.74, 6) is 0.706. The number of amides is 1. The molecule has 6 nitrogen and oxygen atoms in total. The summed E-state index contributed by atoms with van der Waals surface area (Å²) in [6.07, 6.45) is 0. The van der Waals surface area contributed by atoms with Crippen LogP contribution in [0.1, 0.15) is 0 Å². The monoisotopic (exact) mass is 265 g/mol. The third kappa shape index (κ3) is 3.51. The second kappa shape index (κ2) is 6.29. The highest BCUT2D eigenvalue weighted by molar-refractivity contribution is 5.82. The average Bonchev–Trinajstić information content (AvgIpc) is 2.39. The summed E-state index contributed by atoms with van der Waals surface area (Å²) in [6.45, 7) is 2.59. The number of carbonyl (C=O) groups is 1. The molecule has 6 heteroatoms. The first-order valence-corrected chi connectivity index (χ1v) is 6.23. The lowest BCUT2D eigenvalue weighted by atomic mass is 10.2. The van der Waals surface area contributed by atoms with E-state index < -0.39 is 0 Å². The van der Waals surface area contributed by atoms with Crippen molar-refractivity contribution in [3.05, 3.63) is 18.2 Å². The second-order valence-electron chi connectivity index (χ2n) is 4.34. The second-order valence-corrected chi connectivity index (χ2v) is 4.34. The highest BCUT2D eigenvalue weighted by atomic mass is 16.5. The van der Waals surface area contributed by atoms with Crippen molar-refractivity contribution in [2.45, 2.75) is 0 Å². The fourth-order valence-electron chi connectivity index (χ4n) is 1.98. The van der Waals surface area contributed by atoms with Gasteiger partial charge in [-0.1, -0.05) is 0 Å². The molecule has 0 spiro atoms. The maximum Gasteiger partial charge on any atom is 0.239 e. The molecule has 2 rings (SSSR count). The van der Waals surface area contributed by atoms with Gasteiger partial charge in [0.2, 0.25) is 5.91 Å². The van der Waals surface area contributed by atoms with E-state index in [1.807, 2.05) is 17.0 Å². The van der Waals surface area contributed by atoms with Crippen LogP contribution in [0.3, 0.4) is 0 Å². The summed E-state index contributed by atoms with van der Waals surface area (Å²) in [6, 6.07) is 5.47. The van der Waals surface area contributed by atoms with E-state index in [0.717, 1.165) is 11.4 Å². The molecule has 0 atom stereocenters. The first-order valence-electron chi connectivity index (χ1n) is 6.23. The number of nitrogens with two attached hydrogens (primary N) is 1. The van der Waals surface area contributed by atoms with Crippen LogP contribution in [0.25, 0.3) is 0 Å². The Morgan fingerprint density at radius 2 is 2.42 bits per heavy atom. The normalized spacial score (nSPS) is 13.6. The molecular formula is C13H19N3O3. The summed E-state index contributed by atoms with van der Waals surface area (Å²) in [4.78, 5) is 13.8. The van der Waals surface area contributed by atoms with Gasteiger partial charge in [0.05, 0.1) is 25.4 Å². The fraction of sp³-hybridized carbons (Fsp3) is 0.462. The summed E-state index contributed by atoms with van der Waals surface area (Å²) in [7, 11) is 1.61. The molecule has 0 aliphatic carbocycles. The average molecular weight is 265 g/mol. The van der Waals surface area contributed by atoms with Crippen molar-refractivity contribution in [3.63, 3.8) is 0 Å². The van der Waals surface area contributed by atoms with E-state index in [4.69, 9.17) is 15.2 Å². The van der Waals surface area contributed by atoms with Crippen LogP contribution in [0, 0.1) is 0 Å². The lowest BCUT2D eigenvalue weighted by molar-refractivity contribution is -0.120. The van der Waals surface area contributed by atoms with Crippen molar-refractivity contribution in [1.29, 1.82) is 0 Å². The SMILES string of the molecule is COCCNC(=O)CN1CCOc2cc(N)ccc21. The Bertz CT molecular complexity index is 451. The minimum absolute atomic E-state index is 0.0262. The van der Waals surface area contributed by atoms with Gasteiger partial charge in [0.25, 0.3) is 0 Å². The Morgan fingerprint density at radius 3 is 3.21 bits per heavy atom. The molecule has 1 aliphatic heterocycles. The molecule has 0 saturated carbocycles. The predicted octanol–water partition coefficient (Wildman–Crippen LogP) is 0.230. The number of nitrogen functional groups attached to an aromatic ring is 1. The van der Waals surface area contributed by atoms with Gasteiger partial charge in [-0.15, -0.1) is 0 Å². The van der Waals surface area contributed by atoms with E-state index in [2.05, 4.69) is 5.32 Å². The van der Waals surface area contributed by atoms with E-state index in [-0.39, 0.29) is 5.91 Å². The van der Waals surface area contributed by atoms with Gasteiger partial charge in [-0.2, -0.15) is 0 Å². The molecule has 19 heavy (non-hydrogen) atoms. The van der Waals surface area contributed by atoms with Crippen molar-refractivity contribution < 1.29 is 14.3 Å². The van der Waals surface area contributed by atoms with Crippen molar-refractivity contribution in [1.82, 2.24) is 5.32 Å². The Balaban J connectivity index is 1.97. The third-order valence-corrected chi connectivity index (χ3v) is 2.91. The van der Waals surface area contributed by atoms with Crippen LogP contribution in [0.4, 0.5) is 11.4 Å². The molecule has 1 heterocycles. The van der Waals surface area contributed by atoms with Gasteiger partial charge in [-0.3, -0.25) is 4.79 Å². The molecule has 1 aliphatic rings. The topological polar surface area (TPSA) is 76.8 Å². The first kappa shape index (κ1) is 13.5. The van der Waals surface area contributed by atoms with Crippen LogP contribution in [0.2, 0.25) is 0 Å². The Kier molecular flexibility index (Phi) is 4.46. The van der Waals surface area contributed by atoms with Crippen molar-refractivity contribution in [3.8, 4) is 5.75 Å². The molecule has 0 radical (unpaired) electrons. The molecule has 0 unspecified atom stereocenters. The van der Waals surface area contributed by atoms with E-state index in [1.165, 1.54) is 0 Å². The number of anilines is 2. The predicted molar refractivity (Wildman–Crippen MR) is 73.4 cm³/mol. The standard InChI is InChI=1S/C13H19N3O3/c1-18-6-4-15-13(17)9-16-5-7-19-12-8-10(14)2-3-11(12)16/h2-3,8H,4-7,9,14H2,1H3,(H,15,17). The van der Waals surface area contributed by atoms with Crippen LogP contribution in [0.15, 0.2) is 18.2 Å². The molecule has 0 aromatic heterocycles. The van der Waals surface area contributed by atoms with Gasteiger partial charge in [-0.05, 0) is 12.1 Å². The molecular weight excluding hydrogens is 246 g/mol. The Hall–Kier alpha value is -1.95. The summed E-state index contributed by atoms with van der Waals surface area (Å²) < 4.78 is 10.4. The van der Waals surface area contributed by atoms with Crippen LogP contribution in [-0.4, -0.2) is 45.9 Å². The minimum Gasteiger partial charge on any atom is -0.489 e. The number of nitrogens with one attached hydrogen (secondary N) is 1. The van der Waals surface area contributed by atoms with E-state index in [1.54, 1.807) is 13.2 Å². The van der Waals surface area contributed by atoms with Gasteiger partial charge < -0.3 is 25.4 Å². The van der Waals surface area contributed by atoms with E-state index >= 15 is 0 Å². The van der Waals surface area contributed by atoms with Gasteiger partial charge >= 0.3 is 0 Å². The number of methoxy groups -OCH3 is 1. The van der Waals surface area contributed by atoms with Gasteiger partial charge in [-0.25, -0.2) is 0 Å². The van der Waals surface area contributed by atoms with Gasteiger partial charge in [0.1, 0.15) is 12.4 Å². The maximum atomic E-state index is 11.8. The third-order valence-electron chi connectivity index (χ3n) is 2.91. The quantitative estimate of drug-likeness (QED) is 0.589. The lowest BCUT2D eigenvalue weighted by Crippen LogP contribution is -2.42. The molecule has 0 bridgehead atoms. The zero-order valence-electron chi connectivity index (χ0n) is 11.0. The van der Waals surface area contributed by atoms with Crippen LogP contribution < -0.4 is 20.7 Å². The van der Waals surface area contributed by atoms with Crippen molar-refractivity contribution in [2.75, 3.05) is 50.6 Å². The number of carbonyl (C=O) groups excluding carboxylic acids is 1. The smallest absolute Gasteiger partial charge is 0.239 e. The Morgan fingerprint density at radius 1 is 1.58 bits per heavy atom. The lowest BCUT2D eigenvalue weighted by Gasteiger charge is -2.30. The van der Waals surface area contributed by atoms with Crippen LogP contribution in [0.5, 0.6) is 5.75 Å². The molecule has 1 aromatic carbocycles. The summed E-state index contributed by atoms with van der Waals surface area (Å²) >= 11 is 0. The number of hydrogen-bond donors (Lipinski definition) is 2. The minimum atomic E-state index is -0.0262. The highest BCUT2D eigenvalue weighted by Crippen LogP contribution is 2.32. The molecule has 0 saturated heterocycles. The fourth-order valence-corrected chi connectivity index (χ4v) is 1.98. The zero-order valence-corrected chi connectivity index (χ0v) is 11.0. The number of rotatable bonds is 5. The Labute approximate surface area is 112 Å². The number of nitrogens with zero attached hydrogens (tertiary/aromatic N) is 1. The van der Waals surface area contributed by atoms with Crippen LogP contribution in [-0.2, 0) is 9.53 Å². The maximum absolute atomic E-state index is 11.8. The molecule has 0 fully saturated rings. The van der Waals surface area contributed by atoms with Gasteiger partial charge in [0.15, 0.2) is 0 Å². The largest absolute Gasteiger partial charge is 0.489 e. The summed E-state index contributed by atoms with van der Waals surface area (Å²) in [5, 5.41) is 2.80. The van der Waals surface area contributed by atoms with Crippen molar-refractivity contribution >= 4 is 17.3 Å². The molecule has 1 aromatic rings. The van der Waals surface area contributed by atoms with Crippen LogP contribution >= 0.6 is 0 Å². The first-order chi connectivity index (χ1) is 9.20. The number of hydrogen-bond acceptors (Lipinski definition) is 5.